The molecule has 25 N–H and O–H groups in total. The monoisotopic (exact) mass is 1810 g/mol. The number of aliphatic hydroxyl groups excluding tert-OH is 19. The zero-order chi connectivity index (χ0) is 92.4. The van der Waals surface area contributed by atoms with Crippen molar-refractivity contribution in [2.75, 3.05) is 46.2 Å². The molecule has 0 saturated carbocycles. The number of aliphatic carboxylic acids is 2. The van der Waals surface area contributed by atoms with E-state index in [-0.39, 0.29) is 12.3 Å². The highest BCUT2D eigenvalue weighted by atomic mass is 16.8. The van der Waals surface area contributed by atoms with Crippen LogP contribution in [-0.2, 0) is 85.6 Å². The first-order valence-electron chi connectivity index (χ1n) is 44.2. The average molecular weight is 1810 g/mol. The fraction of sp³-hybridized carbons (Fsp3) is 0.902. The minimum Gasteiger partial charge on any atom is -0.477 e. The van der Waals surface area contributed by atoms with Crippen molar-refractivity contribution in [1.82, 2.24) is 21.3 Å². The van der Waals surface area contributed by atoms with Gasteiger partial charge in [0.05, 0.1) is 82.7 Å². The van der Waals surface area contributed by atoms with Gasteiger partial charge in [-0.2, -0.15) is 0 Å². The first-order chi connectivity index (χ1) is 59.6. The topological polar surface area (TPSA) is 686 Å². The lowest BCUT2D eigenvalue weighted by Gasteiger charge is -2.52. The first-order valence-corrected chi connectivity index (χ1v) is 44.2. The molecule has 6 aliphatic heterocycles. The molecular formula is C82H144N4O39. The number of amides is 4. The molecule has 0 spiro atoms. The fourth-order valence-corrected chi connectivity index (χ4v) is 16.6. The predicted octanol–water partition coefficient (Wildman–Crippen LogP) is -4.65. The summed E-state index contributed by atoms with van der Waals surface area (Å²) in [4.78, 5) is 78.6. The van der Waals surface area contributed by atoms with Gasteiger partial charge in [0.1, 0.15) is 134 Å². The van der Waals surface area contributed by atoms with Gasteiger partial charge in [-0.1, -0.05) is 167 Å². The van der Waals surface area contributed by atoms with Crippen LogP contribution in [0.1, 0.15) is 214 Å². The number of allylic oxidation sites excluding steroid dienone is 1. The van der Waals surface area contributed by atoms with E-state index in [0.29, 0.717) is 12.8 Å². The zero-order valence-corrected chi connectivity index (χ0v) is 72.1. The lowest BCUT2D eigenvalue weighted by Crippen LogP contribution is -2.72. The summed E-state index contributed by atoms with van der Waals surface area (Å²) in [5, 5.41) is 246. The number of carbonyl (C=O) groups excluding carboxylic acids is 4. The Morgan fingerprint density at radius 1 is 0.432 bits per heavy atom. The Morgan fingerprint density at radius 3 is 1.29 bits per heavy atom. The zero-order valence-electron chi connectivity index (χ0n) is 72.1. The summed E-state index contributed by atoms with van der Waals surface area (Å²) >= 11 is 0. The van der Waals surface area contributed by atoms with E-state index in [2.05, 4.69) is 35.1 Å². The van der Waals surface area contributed by atoms with Gasteiger partial charge in [0, 0.05) is 40.0 Å². The van der Waals surface area contributed by atoms with E-state index < -0.39 is 296 Å². The Bertz CT molecular complexity index is 3160. The predicted molar refractivity (Wildman–Crippen MR) is 431 cm³/mol. The number of nitrogens with one attached hydrogen (secondary N) is 4. The van der Waals surface area contributed by atoms with Crippen molar-refractivity contribution in [3.05, 3.63) is 12.2 Å². The minimum atomic E-state index is -3.52. The Morgan fingerprint density at radius 2 is 0.824 bits per heavy atom. The van der Waals surface area contributed by atoms with Crippen LogP contribution in [0.4, 0.5) is 0 Å². The normalized spacial score (nSPS) is 35.5. The molecule has 726 valence electrons. The summed E-state index contributed by atoms with van der Waals surface area (Å²) in [7, 11) is 0. The smallest absolute Gasteiger partial charge is 0.364 e. The third kappa shape index (κ3) is 31.5. The van der Waals surface area contributed by atoms with Gasteiger partial charge in [-0.15, -0.1) is 0 Å². The number of ether oxygens (including phenoxy) is 12. The Balaban J connectivity index is 1.16. The van der Waals surface area contributed by atoms with Gasteiger partial charge in [-0.05, 0) is 19.3 Å². The Kier molecular flexibility index (Phi) is 48.0. The van der Waals surface area contributed by atoms with E-state index in [9.17, 15) is 136 Å². The Labute approximate surface area is 727 Å². The summed E-state index contributed by atoms with van der Waals surface area (Å²) < 4.78 is 70.7. The number of unbranched alkanes of at least 4 members (excludes halogenated alkanes) is 23. The SMILES string of the molecule is CCCCCCCCCCCCC/C=C/[C@@H](O)[C@H](CO[C@@H]1OC(CO)[C@@H](O[C@@H]2OC(CO)[C@H](O[C@@H]3OC(CO)[C@H](O)[C@H](O[C@@H]4OC(CO)[C@H](O)[C@H](O[C@]5(C(=O)O)CC(O)[C@@H](NC(C)=O)C([C@H](O)[C@@H](CO)O[C@]6(C(=O)O)CC(O)[C@@H](NC(C)=O)C([C@H](O)[C@H](O)CO)O6)O5)C4O)C3NC(C)=O)[C@H](O)C2O)[C@H](O)C1O)NC(=O)CCCCCCCCCCCCCCC. The second-order valence-corrected chi connectivity index (χ2v) is 33.5. The number of hydrogen-bond donors (Lipinski definition) is 25. The van der Waals surface area contributed by atoms with Gasteiger partial charge < -0.3 is 185 Å². The van der Waals surface area contributed by atoms with Crippen molar-refractivity contribution >= 4 is 35.6 Å². The maximum atomic E-state index is 13.8. The van der Waals surface area contributed by atoms with E-state index in [0.717, 1.165) is 78.6 Å². The molecule has 0 aromatic heterocycles. The van der Waals surface area contributed by atoms with Gasteiger partial charge in [-0.25, -0.2) is 9.59 Å². The second-order valence-electron chi connectivity index (χ2n) is 33.5. The summed E-state index contributed by atoms with van der Waals surface area (Å²) in [6.07, 6.45) is -31.6. The van der Waals surface area contributed by atoms with Gasteiger partial charge in [-0.3, -0.25) is 19.2 Å². The molecule has 4 amide bonds. The average Bonchev–Trinajstić information content (AvgIpc) is 0.750. The van der Waals surface area contributed by atoms with Crippen LogP contribution in [0, 0.1) is 0 Å². The third-order valence-corrected chi connectivity index (χ3v) is 23.6. The highest BCUT2D eigenvalue weighted by molar-refractivity contribution is 5.78. The third-order valence-electron chi connectivity index (χ3n) is 23.6. The van der Waals surface area contributed by atoms with Crippen LogP contribution in [0.2, 0.25) is 0 Å². The van der Waals surface area contributed by atoms with Crippen molar-refractivity contribution < 1.29 is 193 Å². The Hall–Kier alpha value is -4.68. The van der Waals surface area contributed by atoms with Crippen molar-refractivity contribution in [3.8, 4) is 0 Å². The van der Waals surface area contributed by atoms with E-state index in [1.807, 2.05) is 6.08 Å². The molecule has 0 aromatic rings. The van der Waals surface area contributed by atoms with Crippen molar-refractivity contribution in [3.63, 3.8) is 0 Å². The molecular weight excluding hydrogens is 1660 g/mol. The lowest BCUT2D eigenvalue weighted by atomic mass is 9.87. The largest absolute Gasteiger partial charge is 0.477 e. The molecule has 125 heavy (non-hydrogen) atoms. The number of carboxylic acids is 2. The highest BCUT2D eigenvalue weighted by Crippen LogP contribution is 2.42. The number of hydrogen-bond acceptors (Lipinski definition) is 37. The molecule has 0 radical (unpaired) electrons. The molecule has 6 heterocycles. The number of carboxylic acid groups (broad SMARTS) is 2. The standard InChI is InChI=1S/C82H144N4O39/c1-6-8-10-12-14-16-18-20-22-24-26-28-30-32-47(96)46(86-56(100)33-31-29-27-25-23-21-19-17-15-13-11-9-7-2)42-114-76-66(107)64(105)70(54(40-91)117-76)120-77-67(108)65(106)69(55(41-92)118-77)119-75-59(85-45(5)95)71(61(102)51(37-88)115-75)121-78-68(109)74(62(103)52(38-89)116-78)125-82(80(112)113)35-49(98)58(84-44(4)94)73(124-82)63(104)53(39-90)122-81(79(110)111)34-48(97)57(83-43(3)93)72(123-81)60(101)50(99)36-87/h30,32,46-55,57-78,87-92,96-99,101-109H,6-29,31,33-42H2,1-5H3,(H,83,93)(H,84,94)(H,85,95)(H,86,100)(H,110,111)(H,112,113)/b32-30+/t46-,47+,48?,49?,50+,51?,52?,53+,54?,55?,57+,58+,59?,60+,61-,62-,63+,64+,65+,66?,67?,68?,69-,70+,71+,72?,73?,74-,75-,76+,77-,78-,81+,82-/m0/s1. The van der Waals surface area contributed by atoms with Gasteiger partial charge in [0.15, 0.2) is 25.2 Å². The fourth-order valence-electron chi connectivity index (χ4n) is 16.6. The summed E-state index contributed by atoms with van der Waals surface area (Å²) in [6.45, 7) is -0.553. The minimum absolute atomic E-state index is 0.150. The van der Waals surface area contributed by atoms with Gasteiger partial charge in [0.2, 0.25) is 23.6 Å². The molecule has 0 aromatic carbocycles. The maximum Gasteiger partial charge on any atom is 0.364 e. The molecule has 0 bridgehead atoms. The molecule has 43 nitrogen and oxygen atoms in total. The van der Waals surface area contributed by atoms with Crippen LogP contribution >= 0.6 is 0 Å². The summed E-state index contributed by atoms with van der Waals surface area (Å²) in [6, 6.07) is -6.84. The second kappa shape index (κ2) is 55.0. The highest BCUT2D eigenvalue weighted by Gasteiger charge is 2.64. The first kappa shape index (κ1) is 109. The number of carbonyl (C=O) groups is 6. The van der Waals surface area contributed by atoms with Crippen LogP contribution in [-0.4, -0.2) is 396 Å². The lowest BCUT2D eigenvalue weighted by molar-refractivity contribution is -0.390. The van der Waals surface area contributed by atoms with Crippen LogP contribution in [0.3, 0.4) is 0 Å². The van der Waals surface area contributed by atoms with Gasteiger partial charge in [0.25, 0.3) is 11.6 Å². The van der Waals surface area contributed by atoms with Crippen LogP contribution in [0.15, 0.2) is 12.2 Å². The van der Waals surface area contributed by atoms with Crippen LogP contribution in [0.25, 0.3) is 0 Å². The molecule has 6 saturated heterocycles. The van der Waals surface area contributed by atoms with Crippen LogP contribution < -0.4 is 21.3 Å². The molecule has 12 unspecified atom stereocenters. The van der Waals surface area contributed by atoms with Gasteiger partial charge >= 0.3 is 11.9 Å². The molecule has 43 heteroatoms. The molecule has 6 rings (SSSR count). The number of rotatable bonds is 57. The van der Waals surface area contributed by atoms with E-state index in [1.54, 1.807) is 6.08 Å². The molecule has 6 fully saturated rings. The van der Waals surface area contributed by atoms with Crippen molar-refractivity contribution in [2.45, 2.75) is 422 Å². The molecule has 34 atom stereocenters. The summed E-state index contributed by atoms with van der Waals surface area (Å²) in [5.74, 6) is -14.5. The molecule has 6 aliphatic rings. The maximum absolute atomic E-state index is 13.8. The van der Waals surface area contributed by atoms with Crippen LogP contribution in [0.5, 0.6) is 0 Å². The molecule has 0 aliphatic carbocycles. The summed E-state index contributed by atoms with van der Waals surface area (Å²) in [5.41, 5.74) is 0. The quantitative estimate of drug-likeness (QED) is 0.0201. The van der Waals surface area contributed by atoms with E-state index in [4.69, 9.17) is 56.8 Å². The van der Waals surface area contributed by atoms with Crippen molar-refractivity contribution in [1.29, 1.82) is 0 Å². The number of aliphatic hydroxyl groups is 19. The van der Waals surface area contributed by atoms with E-state index in [1.165, 1.54) is 89.9 Å². The van der Waals surface area contributed by atoms with E-state index >= 15 is 0 Å². The van der Waals surface area contributed by atoms with Crippen molar-refractivity contribution in [2.24, 2.45) is 0 Å².